The van der Waals surface area contributed by atoms with Gasteiger partial charge in [-0.25, -0.2) is 0 Å². The molecule has 132 valence electrons. The molecule has 1 fully saturated rings. The molecule has 1 aromatic carbocycles. The van der Waals surface area contributed by atoms with E-state index < -0.39 is 5.41 Å². The van der Waals surface area contributed by atoms with Gasteiger partial charge in [-0.2, -0.15) is 0 Å². The van der Waals surface area contributed by atoms with Gasteiger partial charge < -0.3 is 0 Å². The van der Waals surface area contributed by atoms with Crippen molar-refractivity contribution in [2.24, 2.45) is 11.3 Å². The summed E-state index contributed by atoms with van der Waals surface area (Å²) in [5, 5.41) is 2.42. The topological polar surface area (TPSA) is 83.6 Å². The van der Waals surface area contributed by atoms with Gasteiger partial charge >= 0.3 is 0 Å². The van der Waals surface area contributed by atoms with Gasteiger partial charge in [-0.1, -0.05) is 25.5 Å². The summed E-state index contributed by atoms with van der Waals surface area (Å²) in [5.41, 5.74) is 0.241. The van der Waals surface area contributed by atoms with Crippen molar-refractivity contribution in [1.82, 2.24) is 10.2 Å². The van der Waals surface area contributed by atoms with Crippen LogP contribution < -0.4 is 5.32 Å². The second-order valence-corrected chi connectivity index (χ2v) is 6.95. The molecule has 2 unspecified atom stereocenters. The lowest BCUT2D eigenvalue weighted by molar-refractivity contribution is -0.128. The van der Waals surface area contributed by atoms with E-state index in [0.717, 1.165) is 0 Å². The number of unbranched alkanes of at least 4 members (excludes halogenated alkanes) is 1. The first-order chi connectivity index (χ1) is 11.9. The molecule has 2 heterocycles. The van der Waals surface area contributed by atoms with Crippen LogP contribution in [-0.4, -0.2) is 35.1 Å². The van der Waals surface area contributed by atoms with Gasteiger partial charge in [0.2, 0.25) is 11.8 Å². The molecular weight excluding hydrogens is 320 g/mol. The normalized spacial score (nSPS) is 25.5. The lowest BCUT2D eigenvalue weighted by Crippen LogP contribution is -2.32. The smallest absolute Gasteiger partial charge is 0.261 e. The molecule has 0 bridgehead atoms. The Morgan fingerprint density at radius 1 is 1.04 bits per heavy atom. The van der Waals surface area contributed by atoms with Crippen LogP contribution in [0.25, 0.3) is 0 Å². The molecule has 1 N–H and O–H groups in total. The maximum absolute atomic E-state index is 12.3. The first-order valence-corrected chi connectivity index (χ1v) is 8.70. The molecule has 2 atom stereocenters. The molecule has 1 saturated heterocycles. The van der Waals surface area contributed by atoms with Gasteiger partial charge in [-0.3, -0.25) is 29.4 Å². The van der Waals surface area contributed by atoms with Crippen LogP contribution in [0, 0.1) is 11.3 Å². The van der Waals surface area contributed by atoms with Crippen LogP contribution in [0.2, 0.25) is 0 Å². The van der Waals surface area contributed by atoms with Gasteiger partial charge in [0.05, 0.1) is 22.5 Å². The molecule has 6 heteroatoms. The Hall–Kier alpha value is -2.50. The fourth-order valence-corrected chi connectivity index (χ4v) is 3.71. The highest BCUT2D eigenvalue weighted by Crippen LogP contribution is 2.39. The van der Waals surface area contributed by atoms with Crippen molar-refractivity contribution in [1.29, 1.82) is 0 Å². The van der Waals surface area contributed by atoms with Gasteiger partial charge in [0.25, 0.3) is 11.8 Å². The summed E-state index contributed by atoms with van der Waals surface area (Å²) in [4.78, 5) is 49.8. The van der Waals surface area contributed by atoms with E-state index >= 15 is 0 Å². The summed E-state index contributed by atoms with van der Waals surface area (Å²) in [7, 11) is 0. The van der Waals surface area contributed by atoms with Crippen LogP contribution in [0.4, 0.5) is 0 Å². The molecule has 25 heavy (non-hydrogen) atoms. The molecule has 2 aliphatic rings. The fraction of sp³-hybridized carbons (Fsp3) is 0.474. The summed E-state index contributed by atoms with van der Waals surface area (Å²) >= 11 is 0. The third kappa shape index (κ3) is 2.75. The Labute approximate surface area is 146 Å². The Morgan fingerprint density at radius 3 is 2.20 bits per heavy atom. The van der Waals surface area contributed by atoms with Crippen molar-refractivity contribution < 1.29 is 19.2 Å². The number of hydrogen-bond donors (Lipinski definition) is 1. The second-order valence-electron chi connectivity index (χ2n) is 6.95. The van der Waals surface area contributed by atoms with E-state index in [1.54, 1.807) is 24.3 Å². The average Bonchev–Trinajstić information content (AvgIpc) is 2.98. The van der Waals surface area contributed by atoms with Crippen LogP contribution in [0.1, 0.15) is 60.2 Å². The second kappa shape index (κ2) is 6.43. The molecule has 1 aromatic rings. The first-order valence-electron chi connectivity index (χ1n) is 8.70. The highest BCUT2D eigenvalue weighted by atomic mass is 16.2. The number of hydrogen-bond acceptors (Lipinski definition) is 4. The fourth-order valence-electron chi connectivity index (χ4n) is 3.71. The van der Waals surface area contributed by atoms with Crippen LogP contribution in [0.15, 0.2) is 24.3 Å². The van der Waals surface area contributed by atoms with E-state index in [4.69, 9.17) is 0 Å². The summed E-state index contributed by atoms with van der Waals surface area (Å²) in [5.74, 6) is -1.27. The minimum atomic E-state index is -0.660. The van der Waals surface area contributed by atoms with Crippen molar-refractivity contribution in [2.45, 2.75) is 39.5 Å². The summed E-state index contributed by atoms with van der Waals surface area (Å²) < 4.78 is 0. The molecule has 6 nitrogen and oxygen atoms in total. The Balaban J connectivity index is 1.56. The van der Waals surface area contributed by atoms with E-state index in [0.29, 0.717) is 43.4 Å². The average molecular weight is 342 g/mol. The van der Waals surface area contributed by atoms with Gasteiger partial charge in [-0.05, 0) is 38.3 Å². The molecule has 0 spiro atoms. The minimum Gasteiger partial charge on any atom is -0.296 e. The lowest BCUT2D eigenvalue weighted by Gasteiger charge is -2.25. The zero-order valence-corrected chi connectivity index (χ0v) is 14.5. The number of benzene rings is 1. The Morgan fingerprint density at radius 2 is 1.64 bits per heavy atom. The summed E-state index contributed by atoms with van der Waals surface area (Å²) in [6.07, 6.45) is 2.47. The van der Waals surface area contributed by atoms with Gasteiger partial charge in [0, 0.05) is 6.54 Å². The van der Waals surface area contributed by atoms with E-state index in [9.17, 15) is 19.2 Å². The van der Waals surface area contributed by atoms with Crippen molar-refractivity contribution in [3.63, 3.8) is 0 Å². The largest absolute Gasteiger partial charge is 0.296 e. The molecule has 3 rings (SSSR count). The van der Waals surface area contributed by atoms with E-state index in [-0.39, 0.29) is 29.5 Å². The quantitative estimate of drug-likeness (QED) is 0.634. The number of nitrogens with zero attached hydrogens (tertiary/aromatic N) is 1. The van der Waals surface area contributed by atoms with Crippen LogP contribution >= 0.6 is 0 Å². The third-order valence-electron chi connectivity index (χ3n) is 5.58. The first kappa shape index (κ1) is 17.3. The van der Waals surface area contributed by atoms with E-state index in [2.05, 4.69) is 5.32 Å². The summed E-state index contributed by atoms with van der Waals surface area (Å²) in [6, 6.07) is 6.82. The third-order valence-corrected chi connectivity index (χ3v) is 5.58. The number of rotatable bonds is 6. The highest BCUT2D eigenvalue weighted by molar-refractivity contribution is 6.21. The number of fused-ring (bicyclic) bond motifs is 1. The lowest BCUT2D eigenvalue weighted by atomic mass is 9.74. The number of nitrogens with one attached hydrogen (secondary N) is 1. The zero-order valence-electron chi connectivity index (χ0n) is 14.5. The number of carbonyl (C=O) groups is 4. The van der Waals surface area contributed by atoms with Crippen LogP contribution in [0.3, 0.4) is 0 Å². The molecular formula is C19H22N2O4. The van der Waals surface area contributed by atoms with E-state index in [1.165, 1.54) is 4.90 Å². The van der Waals surface area contributed by atoms with Crippen molar-refractivity contribution >= 4 is 23.6 Å². The SMILES string of the molecule is CCC1(C)C(=O)NC(=O)C1CCCCN1C(=O)c2ccccc2C1=O. The van der Waals surface area contributed by atoms with Crippen molar-refractivity contribution in [3.05, 3.63) is 35.4 Å². The highest BCUT2D eigenvalue weighted by Gasteiger charge is 2.49. The molecule has 2 aliphatic heterocycles. The zero-order chi connectivity index (χ0) is 18.2. The maximum atomic E-state index is 12.3. The molecule has 0 aromatic heterocycles. The standard InChI is InChI=1S/C19H22N2O4/c1-3-19(2)14(15(22)20-18(19)25)10-6-7-11-21-16(23)12-8-4-5-9-13(12)17(21)24/h4-5,8-9,14H,3,6-7,10-11H2,1-2H3,(H,20,22,25). The predicted octanol–water partition coefficient (Wildman–Crippen LogP) is 2.14. The van der Waals surface area contributed by atoms with Gasteiger partial charge in [0.15, 0.2) is 0 Å². The molecule has 0 saturated carbocycles. The Kier molecular flexibility index (Phi) is 4.45. The van der Waals surface area contributed by atoms with Crippen molar-refractivity contribution in [3.8, 4) is 0 Å². The number of imide groups is 2. The number of amides is 4. The van der Waals surface area contributed by atoms with Crippen LogP contribution in [-0.2, 0) is 9.59 Å². The van der Waals surface area contributed by atoms with Gasteiger partial charge in [0.1, 0.15) is 0 Å². The maximum Gasteiger partial charge on any atom is 0.261 e. The van der Waals surface area contributed by atoms with E-state index in [1.807, 2.05) is 13.8 Å². The van der Waals surface area contributed by atoms with Crippen LogP contribution in [0.5, 0.6) is 0 Å². The van der Waals surface area contributed by atoms with Crippen molar-refractivity contribution in [2.75, 3.05) is 6.54 Å². The monoisotopic (exact) mass is 342 g/mol. The Bertz CT molecular complexity index is 723. The molecule has 0 aliphatic carbocycles. The molecule has 4 amide bonds. The minimum absolute atomic E-state index is 0.203. The van der Waals surface area contributed by atoms with Gasteiger partial charge in [-0.15, -0.1) is 0 Å². The summed E-state index contributed by atoms with van der Waals surface area (Å²) in [6.45, 7) is 4.06. The molecule has 0 radical (unpaired) electrons. The predicted molar refractivity (Wildman–Crippen MR) is 90.7 cm³/mol. The number of carbonyl (C=O) groups excluding carboxylic acids is 4.